The molecule has 2 aromatic heterocycles. The van der Waals surface area contributed by atoms with Crippen molar-refractivity contribution in [3.63, 3.8) is 0 Å². The molecular formula is C41H25N3O. The number of para-hydroxylation sites is 1. The average Bonchev–Trinajstić information content (AvgIpc) is 3.50. The minimum atomic E-state index is 0.622. The predicted octanol–water partition coefficient (Wildman–Crippen LogP) is 10.7. The number of furan rings is 1. The van der Waals surface area contributed by atoms with Crippen LogP contribution < -0.4 is 0 Å². The van der Waals surface area contributed by atoms with Crippen molar-refractivity contribution >= 4 is 43.5 Å². The SMILES string of the molecule is c1ccc(-c2nc(-c3ccccc3)nc(-c3ccc4oc5c(-c6ccc7c(ccc8ccccc87)c6)cccc5c4c3)n2)cc1. The molecule has 0 saturated carbocycles. The second-order valence-corrected chi connectivity index (χ2v) is 11.3. The third-order valence-electron chi connectivity index (χ3n) is 8.51. The normalized spacial score (nSPS) is 11.6. The van der Waals surface area contributed by atoms with E-state index in [1.165, 1.54) is 21.5 Å². The summed E-state index contributed by atoms with van der Waals surface area (Å²) in [5.74, 6) is 1.91. The van der Waals surface area contributed by atoms with Gasteiger partial charge in [0, 0.05) is 33.0 Å². The lowest BCUT2D eigenvalue weighted by Gasteiger charge is -2.08. The maximum atomic E-state index is 6.54. The van der Waals surface area contributed by atoms with E-state index in [2.05, 4.69) is 78.9 Å². The Balaban J connectivity index is 1.19. The van der Waals surface area contributed by atoms with E-state index in [4.69, 9.17) is 19.4 Å². The summed E-state index contributed by atoms with van der Waals surface area (Å²) in [6, 6.07) is 52.3. The summed E-state index contributed by atoms with van der Waals surface area (Å²) in [5, 5.41) is 7.06. The van der Waals surface area contributed by atoms with Crippen LogP contribution in [0, 0.1) is 0 Å². The number of aromatic nitrogens is 3. The van der Waals surface area contributed by atoms with Gasteiger partial charge in [-0.25, -0.2) is 15.0 Å². The van der Waals surface area contributed by atoms with Crippen LogP contribution in [0.1, 0.15) is 0 Å². The van der Waals surface area contributed by atoms with Crippen molar-refractivity contribution < 1.29 is 4.42 Å². The van der Waals surface area contributed by atoms with E-state index in [0.29, 0.717) is 17.5 Å². The number of fused-ring (bicyclic) bond motifs is 6. The second-order valence-electron chi connectivity index (χ2n) is 11.3. The zero-order valence-corrected chi connectivity index (χ0v) is 24.2. The quantitative estimate of drug-likeness (QED) is 0.196. The van der Waals surface area contributed by atoms with Gasteiger partial charge < -0.3 is 4.42 Å². The van der Waals surface area contributed by atoms with Crippen LogP contribution in [0.3, 0.4) is 0 Å². The molecule has 0 aliphatic carbocycles. The highest BCUT2D eigenvalue weighted by molar-refractivity contribution is 6.12. The third kappa shape index (κ3) is 4.35. The largest absolute Gasteiger partial charge is 0.455 e. The summed E-state index contributed by atoms with van der Waals surface area (Å²) in [6.07, 6.45) is 0. The molecule has 9 aromatic rings. The van der Waals surface area contributed by atoms with Crippen molar-refractivity contribution in [2.75, 3.05) is 0 Å². The standard InChI is InChI=1S/C41H25N3O/c1-3-11-27(12-4-1)39-42-40(28-13-5-2-6-14-28)44-41(43-39)31-21-23-37-36(25-31)35-17-9-16-34(38(35)45-37)30-20-22-33-29(24-30)19-18-26-10-7-8-15-32(26)33/h1-25H. The fourth-order valence-corrected chi connectivity index (χ4v) is 6.28. The summed E-state index contributed by atoms with van der Waals surface area (Å²) in [6.45, 7) is 0. The van der Waals surface area contributed by atoms with Crippen molar-refractivity contribution in [3.8, 4) is 45.3 Å². The fraction of sp³-hybridized carbons (Fsp3) is 0. The number of rotatable bonds is 4. The molecule has 0 spiro atoms. The van der Waals surface area contributed by atoms with Crippen LogP contribution in [0.5, 0.6) is 0 Å². The first-order valence-corrected chi connectivity index (χ1v) is 15.0. The molecule has 4 nitrogen and oxygen atoms in total. The minimum Gasteiger partial charge on any atom is -0.455 e. The molecule has 2 heterocycles. The van der Waals surface area contributed by atoms with Crippen LogP contribution in [0.4, 0.5) is 0 Å². The Hall–Kier alpha value is -6.13. The average molecular weight is 576 g/mol. The molecule has 45 heavy (non-hydrogen) atoms. The van der Waals surface area contributed by atoms with Crippen LogP contribution in [0.15, 0.2) is 156 Å². The highest BCUT2D eigenvalue weighted by atomic mass is 16.3. The smallest absolute Gasteiger partial charge is 0.164 e. The van der Waals surface area contributed by atoms with Crippen molar-refractivity contribution in [3.05, 3.63) is 152 Å². The zero-order valence-electron chi connectivity index (χ0n) is 24.2. The fourth-order valence-electron chi connectivity index (χ4n) is 6.28. The highest BCUT2D eigenvalue weighted by Gasteiger charge is 2.16. The molecule has 0 bridgehead atoms. The van der Waals surface area contributed by atoms with E-state index in [0.717, 1.165) is 49.8 Å². The Bertz CT molecular complexity index is 2480. The summed E-state index contributed by atoms with van der Waals surface area (Å²) < 4.78 is 6.54. The summed E-state index contributed by atoms with van der Waals surface area (Å²) in [4.78, 5) is 14.7. The predicted molar refractivity (Wildman–Crippen MR) is 184 cm³/mol. The van der Waals surface area contributed by atoms with Gasteiger partial charge in [-0.2, -0.15) is 0 Å². The molecule has 0 atom stereocenters. The van der Waals surface area contributed by atoms with Crippen molar-refractivity contribution in [2.24, 2.45) is 0 Å². The van der Waals surface area contributed by atoms with Gasteiger partial charge in [0.05, 0.1) is 0 Å². The maximum Gasteiger partial charge on any atom is 0.164 e. The molecule has 0 radical (unpaired) electrons. The van der Waals surface area contributed by atoms with Crippen LogP contribution >= 0.6 is 0 Å². The van der Waals surface area contributed by atoms with Gasteiger partial charge in [-0.1, -0.05) is 127 Å². The van der Waals surface area contributed by atoms with E-state index in [1.54, 1.807) is 0 Å². The van der Waals surface area contributed by atoms with E-state index in [9.17, 15) is 0 Å². The van der Waals surface area contributed by atoms with E-state index < -0.39 is 0 Å². The van der Waals surface area contributed by atoms with Gasteiger partial charge in [-0.15, -0.1) is 0 Å². The number of benzene rings is 7. The highest BCUT2D eigenvalue weighted by Crippen LogP contribution is 2.39. The second kappa shape index (κ2) is 10.2. The Morgan fingerprint density at radius 1 is 0.356 bits per heavy atom. The lowest BCUT2D eigenvalue weighted by Crippen LogP contribution is -2.00. The van der Waals surface area contributed by atoms with Crippen LogP contribution in [-0.4, -0.2) is 15.0 Å². The molecule has 0 aliphatic rings. The molecular weight excluding hydrogens is 550 g/mol. The summed E-state index contributed by atoms with van der Waals surface area (Å²) in [5.41, 5.74) is 6.69. The number of hydrogen-bond donors (Lipinski definition) is 0. The van der Waals surface area contributed by atoms with Crippen molar-refractivity contribution in [1.82, 2.24) is 15.0 Å². The monoisotopic (exact) mass is 575 g/mol. The molecule has 0 saturated heterocycles. The third-order valence-corrected chi connectivity index (χ3v) is 8.51. The first-order valence-electron chi connectivity index (χ1n) is 15.0. The zero-order chi connectivity index (χ0) is 29.7. The molecule has 4 heteroatoms. The van der Waals surface area contributed by atoms with E-state index >= 15 is 0 Å². The molecule has 9 rings (SSSR count). The van der Waals surface area contributed by atoms with Crippen LogP contribution in [0.2, 0.25) is 0 Å². The van der Waals surface area contributed by atoms with Crippen LogP contribution in [-0.2, 0) is 0 Å². The van der Waals surface area contributed by atoms with Gasteiger partial charge in [-0.05, 0) is 51.4 Å². The summed E-state index contributed by atoms with van der Waals surface area (Å²) >= 11 is 0. The Kier molecular flexibility index (Phi) is 5.78. The van der Waals surface area contributed by atoms with Gasteiger partial charge in [0.1, 0.15) is 11.2 Å². The topological polar surface area (TPSA) is 51.8 Å². The molecule has 0 aliphatic heterocycles. The van der Waals surface area contributed by atoms with Gasteiger partial charge in [0.25, 0.3) is 0 Å². The number of nitrogens with zero attached hydrogens (tertiary/aromatic N) is 3. The Labute approximate surface area is 259 Å². The Morgan fingerprint density at radius 3 is 1.71 bits per heavy atom. The summed E-state index contributed by atoms with van der Waals surface area (Å²) in [7, 11) is 0. The van der Waals surface area contributed by atoms with Gasteiger partial charge >= 0.3 is 0 Å². The van der Waals surface area contributed by atoms with Gasteiger partial charge in [0.2, 0.25) is 0 Å². The lowest BCUT2D eigenvalue weighted by molar-refractivity contribution is 0.670. The Morgan fingerprint density at radius 2 is 0.956 bits per heavy atom. The molecule has 0 amide bonds. The first-order chi connectivity index (χ1) is 22.3. The van der Waals surface area contributed by atoms with E-state index in [-0.39, 0.29) is 0 Å². The van der Waals surface area contributed by atoms with Gasteiger partial charge in [0.15, 0.2) is 17.5 Å². The van der Waals surface area contributed by atoms with E-state index in [1.807, 2.05) is 72.8 Å². The lowest BCUT2D eigenvalue weighted by atomic mass is 9.96. The molecule has 0 unspecified atom stereocenters. The molecule has 0 N–H and O–H groups in total. The van der Waals surface area contributed by atoms with Crippen molar-refractivity contribution in [2.45, 2.75) is 0 Å². The molecule has 7 aromatic carbocycles. The van der Waals surface area contributed by atoms with Gasteiger partial charge in [-0.3, -0.25) is 0 Å². The first kappa shape index (κ1) is 25.4. The number of hydrogen-bond acceptors (Lipinski definition) is 4. The van der Waals surface area contributed by atoms with Crippen molar-refractivity contribution in [1.29, 1.82) is 0 Å². The maximum absolute atomic E-state index is 6.54. The minimum absolute atomic E-state index is 0.622. The van der Waals surface area contributed by atoms with Crippen LogP contribution in [0.25, 0.3) is 88.8 Å². The molecule has 0 fully saturated rings. The molecule has 210 valence electrons.